The molecule has 6 heteroatoms. The number of hydrogen-bond donors (Lipinski definition) is 3. The number of hydrogen-bond acceptors (Lipinski definition) is 3. The molecule has 0 heterocycles. The molecule has 94 valence electrons. The predicted molar refractivity (Wildman–Crippen MR) is 59.2 cm³/mol. The minimum atomic E-state index is -1.28. The van der Waals surface area contributed by atoms with E-state index < -0.39 is 24.1 Å². The molecule has 0 aromatic heterocycles. The third-order valence-corrected chi connectivity index (χ3v) is 2.60. The SMILES string of the molecule is CCC(C)N(C)C(=O)N[C@H](C(=O)O)[C@@H](C)O. The van der Waals surface area contributed by atoms with Crippen LogP contribution < -0.4 is 5.32 Å². The monoisotopic (exact) mass is 232 g/mol. The molecule has 2 amide bonds. The number of nitrogens with one attached hydrogen (secondary N) is 1. The fraction of sp³-hybridized carbons (Fsp3) is 0.800. The highest BCUT2D eigenvalue weighted by molar-refractivity contribution is 5.83. The van der Waals surface area contributed by atoms with Gasteiger partial charge in [0.2, 0.25) is 0 Å². The van der Waals surface area contributed by atoms with Crippen molar-refractivity contribution in [3.63, 3.8) is 0 Å². The van der Waals surface area contributed by atoms with Crippen molar-refractivity contribution in [3.8, 4) is 0 Å². The van der Waals surface area contributed by atoms with Crippen LogP contribution in [0.25, 0.3) is 0 Å². The number of carbonyl (C=O) groups is 2. The van der Waals surface area contributed by atoms with Crippen LogP contribution >= 0.6 is 0 Å². The predicted octanol–water partition coefficient (Wildman–Crippen LogP) is 0.260. The van der Waals surface area contributed by atoms with Crippen LogP contribution in [0.2, 0.25) is 0 Å². The van der Waals surface area contributed by atoms with Crippen molar-refractivity contribution in [2.75, 3.05) is 7.05 Å². The maximum absolute atomic E-state index is 11.6. The number of carbonyl (C=O) groups excluding carboxylic acids is 1. The van der Waals surface area contributed by atoms with E-state index in [0.29, 0.717) is 0 Å². The number of urea groups is 1. The number of aliphatic hydroxyl groups excluding tert-OH is 1. The Morgan fingerprint density at radius 2 is 1.88 bits per heavy atom. The van der Waals surface area contributed by atoms with Gasteiger partial charge in [0.1, 0.15) is 0 Å². The Hall–Kier alpha value is -1.30. The van der Waals surface area contributed by atoms with E-state index in [4.69, 9.17) is 5.11 Å². The normalized spacial score (nSPS) is 16.1. The standard InChI is InChI=1S/C10H20N2O4/c1-5-6(2)12(4)10(16)11-8(7(3)13)9(14)15/h6-8,13H,5H2,1-4H3,(H,11,16)(H,14,15)/t6?,7-,8+/m1/s1. The summed E-state index contributed by atoms with van der Waals surface area (Å²) in [5.74, 6) is -1.25. The number of nitrogens with zero attached hydrogens (tertiary/aromatic N) is 1. The highest BCUT2D eigenvalue weighted by Gasteiger charge is 2.27. The van der Waals surface area contributed by atoms with Gasteiger partial charge in [0.25, 0.3) is 0 Å². The van der Waals surface area contributed by atoms with Gasteiger partial charge in [-0.15, -0.1) is 0 Å². The smallest absolute Gasteiger partial charge is 0.328 e. The maximum atomic E-state index is 11.6. The highest BCUT2D eigenvalue weighted by Crippen LogP contribution is 2.02. The molecular weight excluding hydrogens is 212 g/mol. The largest absolute Gasteiger partial charge is 0.480 e. The van der Waals surface area contributed by atoms with Crippen molar-refractivity contribution in [1.29, 1.82) is 0 Å². The second-order valence-electron chi connectivity index (χ2n) is 3.87. The zero-order valence-electron chi connectivity index (χ0n) is 10.1. The average molecular weight is 232 g/mol. The van der Waals surface area contributed by atoms with Crippen molar-refractivity contribution < 1.29 is 19.8 Å². The van der Waals surface area contributed by atoms with E-state index in [0.717, 1.165) is 6.42 Å². The molecule has 3 atom stereocenters. The zero-order chi connectivity index (χ0) is 12.9. The van der Waals surface area contributed by atoms with Crippen LogP contribution in [0.3, 0.4) is 0 Å². The van der Waals surface area contributed by atoms with Crippen LogP contribution in [0.5, 0.6) is 0 Å². The molecular formula is C10H20N2O4. The van der Waals surface area contributed by atoms with Gasteiger partial charge >= 0.3 is 12.0 Å². The number of carboxylic acids is 1. The average Bonchev–Trinajstić information content (AvgIpc) is 2.22. The Bertz CT molecular complexity index is 255. The maximum Gasteiger partial charge on any atom is 0.328 e. The minimum absolute atomic E-state index is 0.0171. The number of rotatable bonds is 5. The molecule has 0 aromatic rings. The molecule has 0 radical (unpaired) electrons. The lowest BCUT2D eigenvalue weighted by Crippen LogP contribution is -2.53. The summed E-state index contributed by atoms with van der Waals surface area (Å²) in [5, 5.41) is 20.2. The van der Waals surface area contributed by atoms with Crippen molar-refractivity contribution >= 4 is 12.0 Å². The summed E-state index contributed by atoms with van der Waals surface area (Å²) in [6, 6.07) is -1.76. The van der Waals surface area contributed by atoms with Gasteiger partial charge < -0.3 is 20.4 Å². The summed E-state index contributed by atoms with van der Waals surface area (Å²) in [5.41, 5.74) is 0. The molecule has 6 nitrogen and oxygen atoms in total. The van der Waals surface area contributed by atoms with Crippen molar-refractivity contribution in [2.24, 2.45) is 0 Å². The van der Waals surface area contributed by atoms with Crippen LogP contribution in [0.4, 0.5) is 4.79 Å². The second-order valence-corrected chi connectivity index (χ2v) is 3.87. The van der Waals surface area contributed by atoms with E-state index in [1.54, 1.807) is 7.05 Å². The fourth-order valence-electron chi connectivity index (χ4n) is 1.10. The zero-order valence-corrected chi connectivity index (χ0v) is 10.1. The van der Waals surface area contributed by atoms with E-state index in [2.05, 4.69) is 5.32 Å². The topological polar surface area (TPSA) is 89.9 Å². The van der Waals surface area contributed by atoms with Crippen molar-refractivity contribution in [3.05, 3.63) is 0 Å². The number of carboxylic acid groups (broad SMARTS) is 1. The van der Waals surface area contributed by atoms with Crippen LogP contribution in [-0.4, -0.2) is 52.3 Å². The summed E-state index contributed by atoms with van der Waals surface area (Å²) in [7, 11) is 1.59. The lowest BCUT2D eigenvalue weighted by atomic mass is 10.2. The molecule has 0 saturated heterocycles. The van der Waals surface area contributed by atoms with E-state index >= 15 is 0 Å². The Balaban J connectivity index is 4.46. The molecule has 3 N–H and O–H groups in total. The quantitative estimate of drug-likeness (QED) is 0.634. The van der Waals surface area contributed by atoms with Gasteiger partial charge in [0.05, 0.1) is 6.10 Å². The molecule has 16 heavy (non-hydrogen) atoms. The Labute approximate surface area is 95.2 Å². The van der Waals surface area contributed by atoms with Gasteiger partial charge in [0.15, 0.2) is 6.04 Å². The first-order chi connectivity index (χ1) is 7.31. The van der Waals surface area contributed by atoms with Crippen molar-refractivity contribution in [1.82, 2.24) is 10.2 Å². The lowest BCUT2D eigenvalue weighted by molar-refractivity contribution is -0.141. The lowest BCUT2D eigenvalue weighted by Gasteiger charge is -2.26. The molecule has 0 bridgehead atoms. The summed E-state index contributed by atoms with van der Waals surface area (Å²) >= 11 is 0. The van der Waals surface area contributed by atoms with Crippen LogP contribution in [0, 0.1) is 0 Å². The van der Waals surface area contributed by atoms with Gasteiger partial charge in [-0.3, -0.25) is 0 Å². The molecule has 0 rings (SSSR count). The second kappa shape index (κ2) is 6.32. The first kappa shape index (κ1) is 14.7. The van der Waals surface area contributed by atoms with Crippen LogP contribution in [0.15, 0.2) is 0 Å². The van der Waals surface area contributed by atoms with Gasteiger partial charge in [-0.05, 0) is 20.3 Å². The fourth-order valence-corrected chi connectivity index (χ4v) is 1.10. The molecule has 0 aromatic carbocycles. The molecule has 0 aliphatic carbocycles. The van der Waals surface area contributed by atoms with E-state index in [1.807, 2.05) is 13.8 Å². The molecule has 0 aliphatic rings. The third-order valence-electron chi connectivity index (χ3n) is 2.60. The Morgan fingerprint density at radius 3 is 2.19 bits per heavy atom. The highest BCUT2D eigenvalue weighted by atomic mass is 16.4. The summed E-state index contributed by atoms with van der Waals surface area (Å²) < 4.78 is 0. The Morgan fingerprint density at radius 1 is 1.38 bits per heavy atom. The van der Waals surface area contributed by atoms with Gasteiger partial charge in [-0.1, -0.05) is 6.92 Å². The molecule has 0 saturated carbocycles. The number of aliphatic hydroxyl groups is 1. The summed E-state index contributed by atoms with van der Waals surface area (Å²) in [4.78, 5) is 23.8. The molecule has 0 aliphatic heterocycles. The molecule has 1 unspecified atom stereocenters. The number of aliphatic carboxylic acids is 1. The van der Waals surface area contributed by atoms with E-state index in [9.17, 15) is 14.7 Å². The first-order valence-corrected chi connectivity index (χ1v) is 5.25. The van der Waals surface area contributed by atoms with Gasteiger partial charge in [-0.25, -0.2) is 9.59 Å². The molecule has 0 fully saturated rings. The summed E-state index contributed by atoms with van der Waals surface area (Å²) in [6.07, 6.45) is -0.358. The van der Waals surface area contributed by atoms with E-state index in [-0.39, 0.29) is 6.04 Å². The Kier molecular flexibility index (Phi) is 5.81. The molecule has 0 spiro atoms. The van der Waals surface area contributed by atoms with Crippen LogP contribution in [-0.2, 0) is 4.79 Å². The third kappa shape index (κ3) is 4.06. The first-order valence-electron chi connectivity index (χ1n) is 5.25. The van der Waals surface area contributed by atoms with Gasteiger partial charge in [-0.2, -0.15) is 0 Å². The summed E-state index contributed by atoms with van der Waals surface area (Å²) in [6.45, 7) is 5.11. The van der Waals surface area contributed by atoms with Gasteiger partial charge in [0, 0.05) is 13.1 Å². The number of amides is 2. The van der Waals surface area contributed by atoms with Crippen LogP contribution in [0.1, 0.15) is 27.2 Å². The van der Waals surface area contributed by atoms with Crippen molar-refractivity contribution in [2.45, 2.75) is 45.4 Å². The van der Waals surface area contributed by atoms with E-state index in [1.165, 1.54) is 11.8 Å². The minimum Gasteiger partial charge on any atom is -0.480 e.